The molecule has 1 aromatic carbocycles. The van der Waals surface area contributed by atoms with Crippen molar-refractivity contribution >= 4 is 32.6 Å². The molecule has 0 aliphatic heterocycles. The van der Waals surface area contributed by atoms with E-state index in [9.17, 15) is 4.79 Å². The van der Waals surface area contributed by atoms with E-state index in [0.29, 0.717) is 10.9 Å². The van der Waals surface area contributed by atoms with Crippen molar-refractivity contribution in [3.05, 3.63) is 36.2 Å². The smallest absolute Gasteiger partial charge is 0.247 e. The summed E-state index contributed by atoms with van der Waals surface area (Å²) in [5.41, 5.74) is 1.55. The SMILES string of the molecule is CNC(C(=O)Nc1nc2c(OC)cccc2s1)c1cnn(C)c1. The zero-order valence-corrected chi connectivity index (χ0v) is 13.8. The number of carbonyl (C=O) groups excluding carboxylic acids is 1. The van der Waals surface area contributed by atoms with Crippen molar-refractivity contribution in [2.75, 3.05) is 19.5 Å². The van der Waals surface area contributed by atoms with Gasteiger partial charge in [-0.05, 0) is 19.2 Å². The van der Waals surface area contributed by atoms with Crippen LogP contribution in [0.2, 0.25) is 0 Å². The molecule has 0 aliphatic carbocycles. The number of nitrogens with zero attached hydrogens (tertiary/aromatic N) is 3. The van der Waals surface area contributed by atoms with Gasteiger partial charge in [-0.25, -0.2) is 4.98 Å². The molecule has 3 rings (SSSR count). The van der Waals surface area contributed by atoms with Crippen molar-refractivity contribution in [3.8, 4) is 5.75 Å². The molecule has 0 fully saturated rings. The van der Waals surface area contributed by atoms with Crippen LogP contribution in [-0.2, 0) is 11.8 Å². The van der Waals surface area contributed by atoms with Crippen molar-refractivity contribution in [2.45, 2.75) is 6.04 Å². The van der Waals surface area contributed by atoms with E-state index in [1.807, 2.05) is 31.4 Å². The number of rotatable bonds is 5. The number of methoxy groups -OCH3 is 1. The first kappa shape index (κ1) is 15.4. The molecular weight excluding hydrogens is 314 g/mol. The third-order valence-electron chi connectivity index (χ3n) is 3.44. The van der Waals surface area contributed by atoms with E-state index in [-0.39, 0.29) is 5.91 Å². The molecule has 2 N–H and O–H groups in total. The molecule has 1 unspecified atom stereocenters. The Morgan fingerprint density at radius 2 is 2.26 bits per heavy atom. The summed E-state index contributed by atoms with van der Waals surface area (Å²) < 4.78 is 7.92. The first-order valence-electron chi connectivity index (χ1n) is 7.02. The lowest BCUT2D eigenvalue weighted by Gasteiger charge is -2.12. The molecule has 7 nitrogen and oxygen atoms in total. The zero-order valence-electron chi connectivity index (χ0n) is 13.0. The van der Waals surface area contributed by atoms with Crippen LogP contribution in [0, 0.1) is 0 Å². The average Bonchev–Trinajstić information content (AvgIpc) is 3.13. The first-order chi connectivity index (χ1) is 11.1. The van der Waals surface area contributed by atoms with Crippen molar-refractivity contribution in [1.82, 2.24) is 20.1 Å². The Labute approximate surface area is 137 Å². The van der Waals surface area contributed by atoms with E-state index in [2.05, 4.69) is 20.7 Å². The van der Waals surface area contributed by atoms with Crippen LogP contribution in [0.15, 0.2) is 30.6 Å². The Morgan fingerprint density at radius 1 is 1.43 bits per heavy atom. The van der Waals surface area contributed by atoms with Gasteiger partial charge in [0.15, 0.2) is 5.13 Å². The summed E-state index contributed by atoms with van der Waals surface area (Å²) in [5.74, 6) is 0.509. The third kappa shape index (κ3) is 3.03. The molecule has 0 aliphatic rings. The Kier molecular flexibility index (Phi) is 4.26. The number of para-hydroxylation sites is 1. The van der Waals surface area contributed by atoms with Gasteiger partial charge in [0.2, 0.25) is 5.91 Å². The van der Waals surface area contributed by atoms with Crippen LogP contribution in [0.25, 0.3) is 10.2 Å². The fourth-order valence-corrected chi connectivity index (χ4v) is 3.24. The van der Waals surface area contributed by atoms with Crippen LogP contribution in [0.4, 0.5) is 5.13 Å². The summed E-state index contributed by atoms with van der Waals surface area (Å²) in [5, 5.41) is 10.5. The normalized spacial score (nSPS) is 12.3. The summed E-state index contributed by atoms with van der Waals surface area (Å²) >= 11 is 1.41. The minimum atomic E-state index is -0.488. The van der Waals surface area contributed by atoms with Gasteiger partial charge in [-0.15, -0.1) is 0 Å². The molecule has 2 aromatic heterocycles. The molecule has 0 bridgehead atoms. The number of ether oxygens (including phenoxy) is 1. The molecule has 23 heavy (non-hydrogen) atoms. The fourth-order valence-electron chi connectivity index (χ4n) is 2.36. The first-order valence-corrected chi connectivity index (χ1v) is 7.84. The minimum Gasteiger partial charge on any atom is -0.494 e. The largest absolute Gasteiger partial charge is 0.494 e. The van der Waals surface area contributed by atoms with E-state index >= 15 is 0 Å². The third-order valence-corrected chi connectivity index (χ3v) is 4.38. The minimum absolute atomic E-state index is 0.182. The summed E-state index contributed by atoms with van der Waals surface area (Å²) in [6, 6.07) is 5.20. The van der Waals surface area contributed by atoms with Gasteiger partial charge in [0, 0.05) is 18.8 Å². The predicted octanol–water partition coefficient (Wildman–Crippen LogP) is 1.94. The fraction of sp³-hybridized carbons (Fsp3) is 0.267. The van der Waals surface area contributed by atoms with Crippen molar-refractivity contribution in [3.63, 3.8) is 0 Å². The van der Waals surface area contributed by atoms with Crippen molar-refractivity contribution < 1.29 is 9.53 Å². The van der Waals surface area contributed by atoms with Gasteiger partial charge in [0.25, 0.3) is 0 Å². The molecule has 0 radical (unpaired) electrons. The maximum Gasteiger partial charge on any atom is 0.247 e. The quantitative estimate of drug-likeness (QED) is 0.747. The van der Waals surface area contributed by atoms with Gasteiger partial charge >= 0.3 is 0 Å². The van der Waals surface area contributed by atoms with E-state index in [4.69, 9.17) is 4.74 Å². The van der Waals surface area contributed by atoms with Crippen molar-refractivity contribution in [1.29, 1.82) is 0 Å². The highest BCUT2D eigenvalue weighted by molar-refractivity contribution is 7.22. The maximum atomic E-state index is 12.5. The molecule has 0 spiro atoms. The number of aromatic nitrogens is 3. The lowest BCUT2D eigenvalue weighted by Crippen LogP contribution is -2.30. The van der Waals surface area contributed by atoms with Gasteiger partial charge in [-0.2, -0.15) is 5.10 Å². The Morgan fingerprint density at radius 3 is 2.91 bits per heavy atom. The number of carbonyl (C=O) groups is 1. The molecule has 1 amide bonds. The number of benzene rings is 1. The Bertz CT molecular complexity index is 841. The second-order valence-electron chi connectivity index (χ2n) is 4.98. The van der Waals surface area contributed by atoms with Crippen LogP contribution in [-0.4, -0.2) is 34.8 Å². The molecule has 8 heteroatoms. The van der Waals surface area contributed by atoms with E-state index in [1.54, 1.807) is 25.0 Å². The molecular formula is C15H17N5O2S. The molecule has 0 saturated carbocycles. The highest BCUT2D eigenvalue weighted by Crippen LogP contribution is 2.32. The van der Waals surface area contributed by atoms with Crippen molar-refractivity contribution in [2.24, 2.45) is 7.05 Å². The topological polar surface area (TPSA) is 81.1 Å². The second kappa shape index (κ2) is 6.35. The number of aryl methyl sites for hydroxylation is 1. The summed E-state index contributed by atoms with van der Waals surface area (Å²) in [6.45, 7) is 0. The van der Waals surface area contributed by atoms with Gasteiger partial charge in [0.1, 0.15) is 17.3 Å². The van der Waals surface area contributed by atoms with Gasteiger partial charge < -0.3 is 15.4 Å². The molecule has 120 valence electrons. The number of thiazole rings is 1. The number of amides is 1. The molecule has 2 heterocycles. The lowest BCUT2D eigenvalue weighted by molar-refractivity contribution is -0.118. The van der Waals surface area contributed by atoms with Gasteiger partial charge in [-0.3, -0.25) is 9.48 Å². The highest BCUT2D eigenvalue weighted by atomic mass is 32.1. The number of anilines is 1. The Balaban J connectivity index is 1.84. The molecule has 0 saturated heterocycles. The lowest BCUT2D eigenvalue weighted by atomic mass is 10.1. The second-order valence-corrected chi connectivity index (χ2v) is 6.01. The number of hydrogen-bond acceptors (Lipinski definition) is 6. The predicted molar refractivity (Wildman–Crippen MR) is 89.8 cm³/mol. The Hall–Kier alpha value is -2.45. The zero-order chi connectivity index (χ0) is 16.4. The number of likely N-dealkylation sites (N-methyl/N-ethyl adjacent to an activating group) is 1. The maximum absolute atomic E-state index is 12.5. The van der Waals surface area contributed by atoms with Crippen LogP contribution < -0.4 is 15.4 Å². The summed E-state index contributed by atoms with van der Waals surface area (Å²) in [4.78, 5) is 17.0. The van der Waals surface area contributed by atoms with Crippen LogP contribution in [0.3, 0.4) is 0 Å². The standard InChI is InChI=1S/C15H17N5O2S/c1-16-12(9-7-17-20(2)8-9)14(21)19-15-18-13-10(22-3)5-4-6-11(13)23-15/h4-8,12,16H,1-3H3,(H,18,19,21). The highest BCUT2D eigenvalue weighted by Gasteiger charge is 2.21. The number of hydrogen-bond donors (Lipinski definition) is 2. The van der Waals surface area contributed by atoms with Crippen LogP contribution in [0.5, 0.6) is 5.75 Å². The van der Waals surface area contributed by atoms with E-state index in [0.717, 1.165) is 15.8 Å². The molecule has 1 atom stereocenters. The van der Waals surface area contributed by atoms with E-state index < -0.39 is 6.04 Å². The molecule has 3 aromatic rings. The average molecular weight is 331 g/mol. The van der Waals surface area contributed by atoms with E-state index in [1.165, 1.54) is 11.3 Å². The van der Waals surface area contributed by atoms with Gasteiger partial charge in [-0.1, -0.05) is 17.4 Å². The van der Waals surface area contributed by atoms with Gasteiger partial charge in [0.05, 0.1) is 18.0 Å². The van der Waals surface area contributed by atoms with Crippen LogP contribution in [0.1, 0.15) is 11.6 Å². The summed E-state index contributed by atoms with van der Waals surface area (Å²) in [7, 11) is 5.15. The number of nitrogens with one attached hydrogen (secondary N) is 2. The van der Waals surface area contributed by atoms with Crippen LogP contribution >= 0.6 is 11.3 Å². The summed E-state index contributed by atoms with van der Waals surface area (Å²) in [6.07, 6.45) is 3.48. The monoisotopic (exact) mass is 331 g/mol. The number of fused-ring (bicyclic) bond motifs is 1.